The number of azo groups is 1. The van der Waals surface area contributed by atoms with E-state index in [0.29, 0.717) is 16.3 Å². The number of nitrogens with zero attached hydrogens (tertiary/aromatic N) is 2. The van der Waals surface area contributed by atoms with Gasteiger partial charge in [0.2, 0.25) is 5.69 Å². The minimum Gasteiger partial charge on any atom is -0.594 e. The topological polar surface area (TPSA) is 67.9 Å². The van der Waals surface area contributed by atoms with Gasteiger partial charge in [0.1, 0.15) is 18.4 Å². The first-order valence-electron chi connectivity index (χ1n) is 5.57. The minimum absolute atomic E-state index is 0.184. The summed E-state index contributed by atoms with van der Waals surface area (Å²) in [6.07, 6.45) is 4.40. The number of aliphatic hydroxyl groups is 1. The van der Waals surface area contributed by atoms with E-state index in [2.05, 4.69) is 11.0 Å². The highest BCUT2D eigenvalue weighted by Crippen LogP contribution is 2.18. The molecular weight excluding hydrogens is 232 g/mol. The molecule has 1 aromatic carbocycles. The number of hydrogen-bond acceptors (Lipinski definition) is 4. The molecule has 0 heterocycles. The molecule has 0 spiro atoms. The molecule has 5 heteroatoms. The lowest BCUT2D eigenvalue weighted by Gasteiger charge is -2.08. The molecule has 0 radical (unpaired) electrons. The second kappa shape index (κ2) is 6.62. The van der Waals surface area contributed by atoms with E-state index in [4.69, 9.17) is 11.2 Å². The lowest BCUT2D eigenvalue weighted by molar-refractivity contribution is -0.447. The van der Waals surface area contributed by atoms with Crippen LogP contribution in [0.1, 0.15) is 13.8 Å². The first-order valence-corrected chi connectivity index (χ1v) is 5.57. The van der Waals surface area contributed by atoms with E-state index in [1.165, 1.54) is 0 Å². The fraction of sp³-hybridized carbons (Fsp3) is 0.385. The van der Waals surface area contributed by atoms with Gasteiger partial charge in [-0.3, -0.25) is 0 Å². The second-order valence-corrected chi connectivity index (χ2v) is 3.86. The van der Waals surface area contributed by atoms with Gasteiger partial charge in [0.05, 0.1) is 6.10 Å². The van der Waals surface area contributed by atoms with Crippen LogP contribution in [0.4, 0.5) is 5.69 Å². The number of terminal acetylenes is 1. The molecule has 0 fully saturated rings. The van der Waals surface area contributed by atoms with Gasteiger partial charge in [-0.05, 0) is 31.1 Å². The van der Waals surface area contributed by atoms with Gasteiger partial charge in [-0.2, -0.15) is 0 Å². The van der Waals surface area contributed by atoms with Gasteiger partial charge in [-0.25, -0.2) is 0 Å². The summed E-state index contributed by atoms with van der Waals surface area (Å²) >= 11 is 0. The van der Waals surface area contributed by atoms with Gasteiger partial charge < -0.3 is 15.1 Å². The lowest BCUT2D eigenvalue weighted by atomic mass is 10.2. The Morgan fingerprint density at radius 3 is 2.56 bits per heavy atom. The van der Waals surface area contributed by atoms with Crippen LogP contribution >= 0.6 is 0 Å². The normalized spacial score (nSPS) is 14.7. The van der Waals surface area contributed by atoms with Crippen LogP contribution in [0.15, 0.2) is 29.4 Å². The molecule has 1 aromatic rings. The molecule has 0 aromatic heterocycles. The summed E-state index contributed by atoms with van der Waals surface area (Å²) in [5.41, 5.74) is 0.371. The summed E-state index contributed by atoms with van der Waals surface area (Å²) in [5, 5.41) is 24.7. The van der Waals surface area contributed by atoms with Crippen LogP contribution in [0.2, 0.25) is 0 Å². The zero-order valence-corrected chi connectivity index (χ0v) is 10.4. The van der Waals surface area contributed by atoms with E-state index >= 15 is 0 Å². The molecule has 18 heavy (non-hydrogen) atoms. The molecular formula is C13H16N2O3. The van der Waals surface area contributed by atoms with Crippen LogP contribution in [-0.2, 0) is 0 Å². The number of rotatable bonds is 5. The third-order valence-electron chi connectivity index (χ3n) is 2.36. The van der Waals surface area contributed by atoms with Gasteiger partial charge in [0.25, 0.3) is 0 Å². The van der Waals surface area contributed by atoms with Crippen molar-refractivity contribution < 1.29 is 14.7 Å². The average molecular weight is 248 g/mol. The Kier molecular flexibility index (Phi) is 5.15. The quantitative estimate of drug-likeness (QED) is 0.375. The predicted molar refractivity (Wildman–Crippen MR) is 67.6 cm³/mol. The Hall–Kier alpha value is -2.06. The third kappa shape index (κ3) is 4.07. The van der Waals surface area contributed by atoms with Crippen molar-refractivity contribution >= 4 is 5.69 Å². The van der Waals surface area contributed by atoms with Crippen molar-refractivity contribution in [2.45, 2.75) is 26.0 Å². The first kappa shape index (κ1) is 14.0. The molecule has 1 N–H and O–H groups in total. The van der Waals surface area contributed by atoms with Crippen molar-refractivity contribution in [1.29, 1.82) is 0 Å². The van der Waals surface area contributed by atoms with Crippen LogP contribution in [0.25, 0.3) is 0 Å². The molecule has 0 aliphatic rings. The monoisotopic (exact) mass is 248 g/mol. The van der Waals surface area contributed by atoms with Gasteiger partial charge in [-0.15, -0.1) is 6.42 Å². The molecule has 2 atom stereocenters. The van der Waals surface area contributed by atoms with Gasteiger partial charge in [0, 0.05) is 12.1 Å². The predicted octanol–water partition coefficient (Wildman–Crippen LogP) is 2.06. The van der Waals surface area contributed by atoms with E-state index in [1.54, 1.807) is 38.1 Å². The maximum absolute atomic E-state index is 11.7. The van der Waals surface area contributed by atoms with Crippen LogP contribution < -0.4 is 4.74 Å². The Labute approximate surface area is 106 Å². The van der Waals surface area contributed by atoms with Gasteiger partial charge in [-0.1, -0.05) is 10.8 Å². The fourth-order valence-electron chi connectivity index (χ4n) is 1.12. The molecule has 0 aliphatic heterocycles. The maximum Gasteiger partial charge on any atom is 0.244 e. The van der Waals surface area contributed by atoms with E-state index < -0.39 is 12.1 Å². The molecule has 0 aliphatic carbocycles. The molecule has 0 bridgehead atoms. The number of aliphatic hydroxyl groups excluding tert-OH is 1. The van der Waals surface area contributed by atoms with Crippen LogP contribution in [-0.4, -0.2) is 28.7 Å². The summed E-state index contributed by atoms with van der Waals surface area (Å²) in [6, 6.07) is 5.98. The van der Waals surface area contributed by atoms with Crippen molar-refractivity contribution in [2.24, 2.45) is 5.11 Å². The molecule has 5 nitrogen and oxygen atoms in total. The number of ether oxygens (including phenoxy) is 1. The Morgan fingerprint density at radius 1 is 1.44 bits per heavy atom. The SMILES string of the molecule is C#CCOc1ccc([N+]([O-])=NC(C)C(C)O)cc1. The molecule has 96 valence electrons. The average Bonchev–Trinajstić information content (AvgIpc) is 2.36. The number of benzene rings is 1. The standard InChI is InChI=1S/C13H16N2O3/c1-4-9-18-13-7-5-12(6-8-13)15(17)14-10(2)11(3)16/h1,5-8,10-11,16H,9H2,2-3H3. The highest BCUT2D eigenvalue weighted by molar-refractivity contribution is 5.36. The van der Waals surface area contributed by atoms with E-state index in [1.807, 2.05) is 0 Å². The summed E-state index contributed by atoms with van der Waals surface area (Å²) in [6.45, 7) is 3.43. The highest BCUT2D eigenvalue weighted by atomic mass is 16.5. The summed E-state index contributed by atoms with van der Waals surface area (Å²) in [5.74, 6) is 2.94. The van der Waals surface area contributed by atoms with Gasteiger partial charge >= 0.3 is 0 Å². The molecule has 2 unspecified atom stereocenters. The first-order chi connectivity index (χ1) is 8.54. The van der Waals surface area contributed by atoms with Gasteiger partial charge in [0.15, 0.2) is 0 Å². The van der Waals surface area contributed by atoms with Crippen LogP contribution in [0, 0.1) is 17.6 Å². The second-order valence-electron chi connectivity index (χ2n) is 3.86. The van der Waals surface area contributed by atoms with Crippen molar-refractivity contribution in [3.05, 3.63) is 29.5 Å². The molecule has 1 rings (SSSR count). The molecule has 0 saturated heterocycles. The zero-order chi connectivity index (χ0) is 13.5. The summed E-state index contributed by atoms with van der Waals surface area (Å²) in [4.78, 5) is 0.488. The van der Waals surface area contributed by atoms with Crippen molar-refractivity contribution in [3.63, 3.8) is 0 Å². The lowest BCUT2D eigenvalue weighted by Crippen LogP contribution is -2.18. The number of hydrogen-bond donors (Lipinski definition) is 1. The minimum atomic E-state index is -0.667. The molecule has 0 amide bonds. The Balaban J connectivity index is 2.76. The van der Waals surface area contributed by atoms with Crippen LogP contribution in [0.5, 0.6) is 5.75 Å². The van der Waals surface area contributed by atoms with Crippen LogP contribution in [0.3, 0.4) is 0 Å². The fourth-order valence-corrected chi connectivity index (χ4v) is 1.12. The Bertz CT molecular complexity index is 446. The summed E-state index contributed by atoms with van der Waals surface area (Å²) in [7, 11) is 0. The zero-order valence-electron chi connectivity index (χ0n) is 10.4. The molecule has 0 saturated carbocycles. The van der Waals surface area contributed by atoms with E-state index in [0.717, 1.165) is 0 Å². The Morgan fingerprint density at radius 2 is 2.06 bits per heavy atom. The maximum atomic E-state index is 11.7. The van der Waals surface area contributed by atoms with Crippen molar-refractivity contribution in [2.75, 3.05) is 6.61 Å². The van der Waals surface area contributed by atoms with E-state index in [-0.39, 0.29) is 6.61 Å². The largest absolute Gasteiger partial charge is 0.594 e. The van der Waals surface area contributed by atoms with Crippen molar-refractivity contribution in [1.82, 2.24) is 0 Å². The summed E-state index contributed by atoms with van der Waals surface area (Å²) < 4.78 is 5.18. The smallest absolute Gasteiger partial charge is 0.244 e. The highest BCUT2D eigenvalue weighted by Gasteiger charge is 2.12. The third-order valence-corrected chi connectivity index (χ3v) is 2.36. The van der Waals surface area contributed by atoms with E-state index in [9.17, 15) is 10.3 Å². The van der Waals surface area contributed by atoms with Crippen molar-refractivity contribution in [3.8, 4) is 18.1 Å².